The van der Waals surface area contributed by atoms with Gasteiger partial charge in [-0.1, -0.05) is 19.9 Å². The summed E-state index contributed by atoms with van der Waals surface area (Å²) in [5, 5.41) is 0. The quantitative estimate of drug-likeness (QED) is 0.520. The van der Waals surface area contributed by atoms with Crippen LogP contribution in [0, 0.1) is 28.6 Å². The normalized spacial score (nSPS) is 53.2. The predicted molar refractivity (Wildman–Crippen MR) is 65.0 cm³/mol. The molecule has 1 nitrogen and oxygen atoms in total. The minimum Gasteiger partial charge on any atom is -0.298 e. The third-order valence-corrected chi connectivity index (χ3v) is 6.44. The Balaban J connectivity index is 1.70. The van der Waals surface area contributed by atoms with E-state index in [1.807, 2.05) is 6.92 Å². The van der Waals surface area contributed by atoms with Crippen molar-refractivity contribution in [2.75, 3.05) is 0 Å². The smallest absolute Gasteiger partial charge is 0.145 e. The van der Waals surface area contributed by atoms with Gasteiger partial charge in [-0.25, -0.2) is 0 Å². The molecule has 0 N–H and O–H groups in total. The topological polar surface area (TPSA) is 17.1 Å². The summed E-state index contributed by atoms with van der Waals surface area (Å²) >= 11 is 0. The Morgan fingerprint density at radius 3 is 2.38 bits per heavy atom. The maximum absolute atomic E-state index is 10.6. The van der Waals surface area contributed by atoms with E-state index in [1.54, 1.807) is 0 Å². The van der Waals surface area contributed by atoms with Crippen molar-refractivity contribution in [2.24, 2.45) is 28.6 Å². The van der Waals surface area contributed by atoms with Gasteiger partial charge >= 0.3 is 0 Å². The fraction of sp³-hybridized carbons (Fsp3) is 0.800. The average molecular weight is 218 g/mol. The highest BCUT2D eigenvalue weighted by atomic mass is 16.1. The number of hydrogen-bond acceptors (Lipinski definition) is 1. The van der Waals surface area contributed by atoms with Gasteiger partial charge in [0, 0.05) is 0 Å². The zero-order chi connectivity index (χ0) is 11.6. The molecular formula is C15H22O. The Labute approximate surface area is 98.3 Å². The van der Waals surface area contributed by atoms with Crippen molar-refractivity contribution in [1.29, 1.82) is 0 Å². The van der Waals surface area contributed by atoms with Gasteiger partial charge in [-0.2, -0.15) is 0 Å². The van der Waals surface area contributed by atoms with Crippen molar-refractivity contribution in [3.8, 4) is 0 Å². The molecule has 0 radical (unpaired) electrons. The molecule has 4 fully saturated rings. The number of carbonyl (C=O) groups is 1. The molecule has 4 bridgehead atoms. The lowest BCUT2D eigenvalue weighted by molar-refractivity contribution is -0.104. The van der Waals surface area contributed by atoms with E-state index in [2.05, 4.69) is 19.9 Å². The lowest BCUT2D eigenvalue weighted by Gasteiger charge is -2.34. The molecular weight excluding hydrogens is 196 g/mol. The first kappa shape index (κ1) is 10.6. The summed E-state index contributed by atoms with van der Waals surface area (Å²) in [6.07, 6.45) is 8.45. The zero-order valence-electron chi connectivity index (χ0n) is 10.6. The highest BCUT2D eigenvalue weighted by molar-refractivity contribution is 5.71. The Kier molecular flexibility index (Phi) is 1.98. The second-order valence-electron chi connectivity index (χ2n) is 6.69. The van der Waals surface area contributed by atoms with E-state index in [-0.39, 0.29) is 0 Å². The number of aldehydes is 1. The molecule has 0 aromatic carbocycles. The van der Waals surface area contributed by atoms with Crippen molar-refractivity contribution < 1.29 is 4.79 Å². The van der Waals surface area contributed by atoms with Gasteiger partial charge in [0.15, 0.2) is 0 Å². The Morgan fingerprint density at radius 1 is 1.31 bits per heavy atom. The van der Waals surface area contributed by atoms with Crippen LogP contribution < -0.4 is 0 Å². The van der Waals surface area contributed by atoms with E-state index < -0.39 is 0 Å². The van der Waals surface area contributed by atoms with Crippen molar-refractivity contribution in [3.05, 3.63) is 11.6 Å². The molecule has 4 rings (SSSR count). The predicted octanol–water partition coefficient (Wildman–Crippen LogP) is 3.59. The largest absolute Gasteiger partial charge is 0.298 e. The third-order valence-electron chi connectivity index (χ3n) is 6.44. The minimum atomic E-state index is 0.571. The van der Waals surface area contributed by atoms with Crippen LogP contribution in [0.4, 0.5) is 0 Å². The number of allylic oxidation sites excluding steroid dienone is 2. The second kappa shape index (κ2) is 3.00. The monoisotopic (exact) mass is 218 g/mol. The van der Waals surface area contributed by atoms with Gasteiger partial charge in [0.1, 0.15) is 6.29 Å². The molecule has 0 aromatic heterocycles. The molecule has 4 aliphatic rings. The highest BCUT2D eigenvalue weighted by Crippen LogP contribution is 2.87. The molecule has 4 aliphatic carbocycles. The SMILES string of the molecule is C/C(C=O)=C\CC[C@@]1(C)C2C[C@@H]3[C@H](C2)C31C. The molecule has 16 heavy (non-hydrogen) atoms. The fourth-order valence-corrected chi connectivity index (χ4v) is 5.15. The number of carbonyl (C=O) groups excluding carboxylic acids is 1. The van der Waals surface area contributed by atoms with Crippen LogP contribution in [0.1, 0.15) is 46.5 Å². The van der Waals surface area contributed by atoms with Gasteiger partial charge in [-0.15, -0.1) is 0 Å². The molecule has 0 amide bonds. The Bertz CT molecular complexity index is 356. The van der Waals surface area contributed by atoms with Crippen molar-refractivity contribution in [3.63, 3.8) is 0 Å². The van der Waals surface area contributed by atoms with Gasteiger partial charge < -0.3 is 0 Å². The second-order valence-corrected chi connectivity index (χ2v) is 6.69. The van der Waals surface area contributed by atoms with E-state index in [0.29, 0.717) is 10.8 Å². The first-order valence-electron chi connectivity index (χ1n) is 6.66. The maximum atomic E-state index is 10.6. The Hall–Kier alpha value is -0.590. The zero-order valence-corrected chi connectivity index (χ0v) is 10.6. The average Bonchev–Trinajstić information content (AvgIpc) is 2.62. The molecule has 1 heteroatoms. The molecule has 2 unspecified atom stereocenters. The summed E-state index contributed by atoms with van der Waals surface area (Å²) in [6.45, 7) is 6.94. The summed E-state index contributed by atoms with van der Waals surface area (Å²) in [5.41, 5.74) is 2.13. The van der Waals surface area contributed by atoms with E-state index >= 15 is 0 Å². The molecule has 0 aromatic rings. The van der Waals surface area contributed by atoms with Crippen molar-refractivity contribution >= 4 is 6.29 Å². The van der Waals surface area contributed by atoms with Gasteiger partial charge in [-0.05, 0) is 66.8 Å². The van der Waals surface area contributed by atoms with Gasteiger partial charge in [0.2, 0.25) is 0 Å². The van der Waals surface area contributed by atoms with Crippen molar-refractivity contribution in [2.45, 2.75) is 46.5 Å². The summed E-state index contributed by atoms with van der Waals surface area (Å²) < 4.78 is 0. The van der Waals surface area contributed by atoms with Crippen LogP contribution in [-0.4, -0.2) is 6.29 Å². The van der Waals surface area contributed by atoms with E-state index in [0.717, 1.165) is 36.0 Å². The van der Waals surface area contributed by atoms with Crippen LogP contribution >= 0.6 is 0 Å². The Morgan fingerprint density at radius 2 is 1.94 bits per heavy atom. The molecule has 5 atom stereocenters. The fourth-order valence-electron chi connectivity index (χ4n) is 5.15. The summed E-state index contributed by atoms with van der Waals surface area (Å²) in [7, 11) is 0. The number of hydrogen-bond donors (Lipinski definition) is 0. The van der Waals surface area contributed by atoms with Crippen LogP contribution in [0.5, 0.6) is 0 Å². The van der Waals surface area contributed by atoms with Gasteiger partial charge in [0.05, 0.1) is 0 Å². The van der Waals surface area contributed by atoms with E-state index in [9.17, 15) is 4.79 Å². The van der Waals surface area contributed by atoms with Crippen LogP contribution in [0.15, 0.2) is 11.6 Å². The van der Waals surface area contributed by atoms with Crippen LogP contribution in [-0.2, 0) is 4.79 Å². The first-order valence-corrected chi connectivity index (χ1v) is 6.66. The summed E-state index contributed by atoms with van der Waals surface area (Å²) in [5.74, 6) is 3.09. The molecule has 0 aliphatic heterocycles. The molecule has 88 valence electrons. The standard InChI is InChI=1S/C15H22O/c1-10(9-16)5-4-6-14(2)11-7-12-13(8-11)15(12,14)3/h5,9,11-13H,4,6-8H2,1-3H3/b10-5+/t11?,12-,13+,14-,15?/m0/s1. The lowest BCUT2D eigenvalue weighted by atomic mass is 9.71. The van der Waals surface area contributed by atoms with Crippen LogP contribution in [0.3, 0.4) is 0 Å². The number of rotatable bonds is 4. The van der Waals surface area contributed by atoms with E-state index in [1.165, 1.54) is 19.3 Å². The molecule has 0 heterocycles. The molecule has 0 saturated heterocycles. The van der Waals surface area contributed by atoms with Crippen molar-refractivity contribution in [1.82, 2.24) is 0 Å². The highest BCUT2D eigenvalue weighted by Gasteiger charge is 2.80. The summed E-state index contributed by atoms with van der Waals surface area (Å²) in [6, 6.07) is 0. The molecule has 0 spiro atoms. The summed E-state index contributed by atoms with van der Waals surface area (Å²) in [4.78, 5) is 10.6. The van der Waals surface area contributed by atoms with E-state index in [4.69, 9.17) is 0 Å². The first-order chi connectivity index (χ1) is 7.54. The minimum absolute atomic E-state index is 0.571. The maximum Gasteiger partial charge on any atom is 0.145 e. The van der Waals surface area contributed by atoms with Gasteiger partial charge in [-0.3, -0.25) is 4.79 Å². The van der Waals surface area contributed by atoms with Crippen LogP contribution in [0.2, 0.25) is 0 Å². The molecule has 4 saturated carbocycles. The van der Waals surface area contributed by atoms with Gasteiger partial charge in [0.25, 0.3) is 0 Å². The van der Waals surface area contributed by atoms with Crippen LogP contribution in [0.25, 0.3) is 0 Å². The third kappa shape index (κ3) is 1.00. The lowest BCUT2D eigenvalue weighted by Crippen LogP contribution is -2.26.